The van der Waals surface area contributed by atoms with Gasteiger partial charge in [0.05, 0.1) is 5.41 Å². The van der Waals surface area contributed by atoms with E-state index in [4.69, 9.17) is 0 Å². The molecule has 0 aromatic heterocycles. The van der Waals surface area contributed by atoms with Crippen molar-refractivity contribution in [3.05, 3.63) is 179 Å². The highest BCUT2D eigenvalue weighted by Gasteiger charge is 2.46. The van der Waals surface area contributed by atoms with Crippen LogP contribution in [-0.2, 0) is 10.8 Å². The Bertz CT molecular complexity index is 1930. The smallest absolute Gasteiger partial charge is 0.0714 e. The van der Waals surface area contributed by atoms with Crippen molar-refractivity contribution in [1.29, 1.82) is 0 Å². The zero-order valence-corrected chi connectivity index (χ0v) is 24.3. The van der Waals surface area contributed by atoms with Crippen molar-refractivity contribution in [3.63, 3.8) is 0 Å². The molecule has 0 radical (unpaired) electrons. The molecule has 6 aromatic rings. The minimum absolute atomic E-state index is 0.0296. The maximum absolute atomic E-state index is 2.43. The summed E-state index contributed by atoms with van der Waals surface area (Å²) in [6.45, 7) is 4.70. The van der Waals surface area contributed by atoms with E-state index in [1.165, 1.54) is 67.0 Å². The van der Waals surface area contributed by atoms with Crippen LogP contribution in [0.25, 0.3) is 22.3 Å². The van der Waals surface area contributed by atoms with E-state index in [1.54, 1.807) is 0 Å². The molecule has 0 atom stereocenters. The first-order valence-corrected chi connectivity index (χ1v) is 14.8. The Morgan fingerprint density at radius 2 is 0.833 bits per heavy atom. The molecule has 0 spiro atoms. The van der Waals surface area contributed by atoms with Crippen LogP contribution in [0.5, 0.6) is 0 Å². The predicted molar refractivity (Wildman–Crippen MR) is 176 cm³/mol. The summed E-state index contributed by atoms with van der Waals surface area (Å²) in [5, 5.41) is 0. The topological polar surface area (TPSA) is 3.24 Å². The molecule has 0 heterocycles. The van der Waals surface area contributed by atoms with Crippen molar-refractivity contribution >= 4 is 11.4 Å². The van der Waals surface area contributed by atoms with Crippen LogP contribution < -0.4 is 4.90 Å². The molecule has 8 rings (SSSR count). The van der Waals surface area contributed by atoms with Gasteiger partial charge < -0.3 is 4.90 Å². The summed E-state index contributed by atoms with van der Waals surface area (Å²) in [5.74, 6) is 0. The fourth-order valence-electron chi connectivity index (χ4n) is 7.69. The first kappa shape index (κ1) is 24.9. The van der Waals surface area contributed by atoms with E-state index in [9.17, 15) is 0 Å². The molecule has 0 unspecified atom stereocenters. The summed E-state index contributed by atoms with van der Waals surface area (Å²) >= 11 is 0. The van der Waals surface area contributed by atoms with E-state index >= 15 is 0 Å². The average molecular weight is 540 g/mol. The Labute approximate surface area is 248 Å². The molecule has 0 aliphatic heterocycles. The number of hydrogen-bond donors (Lipinski definition) is 0. The highest BCUT2D eigenvalue weighted by atomic mass is 15.1. The van der Waals surface area contributed by atoms with Crippen molar-refractivity contribution in [3.8, 4) is 22.3 Å². The van der Waals surface area contributed by atoms with Crippen LogP contribution in [0.3, 0.4) is 0 Å². The Morgan fingerprint density at radius 1 is 0.405 bits per heavy atom. The van der Waals surface area contributed by atoms with Gasteiger partial charge in [0, 0.05) is 23.8 Å². The first-order chi connectivity index (χ1) is 20.5. The zero-order chi connectivity index (χ0) is 28.5. The summed E-state index contributed by atoms with van der Waals surface area (Å²) in [6, 6.07) is 53.9. The largest absolute Gasteiger partial charge is 0.345 e. The summed E-state index contributed by atoms with van der Waals surface area (Å²) in [7, 11) is 2.20. The van der Waals surface area contributed by atoms with Gasteiger partial charge in [0.15, 0.2) is 0 Å². The van der Waals surface area contributed by atoms with E-state index in [1.807, 2.05) is 0 Å². The summed E-state index contributed by atoms with van der Waals surface area (Å²) in [6.07, 6.45) is 0. The molecule has 202 valence electrons. The van der Waals surface area contributed by atoms with E-state index in [0.717, 1.165) is 0 Å². The number of rotatable bonds is 4. The van der Waals surface area contributed by atoms with Gasteiger partial charge in [-0.15, -0.1) is 0 Å². The minimum atomic E-state index is -0.396. The van der Waals surface area contributed by atoms with Gasteiger partial charge in [0.2, 0.25) is 0 Å². The number of hydrogen-bond acceptors (Lipinski definition) is 1. The lowest BCUT2D eigenvalue weighted by atomic mass is 9.67. The molecular formula is C41H33N. The van der Waals surface area contributed by atoms with Gasteiger partial charge in [-0.25, -0.2) is 0 Å². The Hall–Kier alpha value is -4.88. The molecular weight excluding hydrogens is 506 g/mol. The van der Waals surface area contributed by atoms with Gasteiger partial charge in [-0.3, -0.25) is 0 Å². The van der Waals surface area contributed by atoms with Crippen molar-refractivity contribution in [2.24, 2.45) is 0 Å². The van der Waals surface area contributed by atoms with Crippen molar-refractivity contribution in [2.75, 3.05) is 11.9 Å². The minimum Gasteiger partial charge on any atom is -0.345 e. The van der Waals surface area contributed by atoms with Gasteiger partial charge >= 0.3 is 0 Å². The second-order valence-corrected chi connectivity index (χ2v) is 12.2. The lowest BCUT2D eigenvalue weighted by Gasteiger charge is -2.34. The number of anilines is 2. The third kappa shape index (κ3) is 3.31. The second kappa shape index (κ2) is 9.06. The number of nitrogens with zero attached hydrogens (tertiary/aromatic N) is 1. The number of fused-ring (bicyclic) bond motifs is 6. The van der Waals surface area contributed by atoms with Gasteiger partial charge in [-0.05, 0) is 79.9 Å². The fraction of sp³-hybridized carbons (Fsp3) is 0.122. The Kier molecular flexibility index (Phi) is 5.37. The lowest BCUT2D eigenvalue weighted by molar-refractivity contribution is 0.660. The highest BCUT2D eigenvalue weighted by Crippen LogP contribution is 2.57. The molecule has 0 saturated carbocycles. The molecule has 2 aliphatic rings. The van der Waals surface area contributed by atoms with Crippen LogP contribution in [0.4, 0.5) is 11.4 Å². The lowest BCUT2D eigenvalue weighted by Crippen LogP contribution is -2.28. The number of benzene rings is 6. The van der Waals surface area contributed by atoms with Gasteiger partial charge in [-0.2, -0.15) is 0 Å². The Balaban J connectivity index is 1.32. The second-order valence-electron chi connectivity index (χ2n) is 12.2. The molecule has 6 aromatic carbocycles. The molecule has 1 nitrogen and oxygen atoms in total. The van der Waals surface area contributed by atoms with Crippen molar-refractivity contribution in [1.82, 2.24) is 0 Å². The maximum Gasteiger partial charge on any atom is 0.0714 e. The van der Waals surface area contributed by atoms with E-state index in [0.29, 0.717) is 0 Å². The highest BCUT2D eigenvalue weighted by molar-refractivity contribution is 5.89. The standard InChI is InChI=1S/C41H33N/c1-40(2)36-20-12-10-18-32(36)34-24-22-30(26-38(34)40)42(3)31-23-25-35-33-19-11-13-21-37(33)41(39(35)27-31,28-14-6-4-7-15-28)29-16-8-5-9-17-29/h4-27H,1-3H3. The van der Waals surface area contributed by atoms with Crippen molar-refractivity contribution < 1.29 is 0 Å². The van der Waals surface area contributed by atoms with E-state index in [2.05, 4.69) is 171 Å². The molecule has 0 fully saturated rings. The molecule has 42 heavy (non-hydrogen) atoms. The fourth-order valence-corrected chi connectivity index (χ4v) is 7.69. The maximum atomic E-state index is 2.43. The van der Waals surface area contributed by atoms with Crippen LogP contribution in [0, 0.1) is 0 Å². The first-order valence-electron chi connectivity index (χ1n) is 14.8. The average Bonchev–Trinajstić information content (AvgIpc) is 3.47. The quantitative estimate of drug-likeness (QED) is 0.215. The Morgan fingerprint density at radius 3 is 1.43 bits per heavy atom. The van der Waals surface area contributed by atoms with E-state index < -0.39 is 5.41 Å². The summed E-state index contributed by atoms with van der Waals surface area (Å²) in [5.41, 5.74) is 15.4. The monoisotopic (exact) mass is 539 g/mol. The van der Waals surface area contributed by atoms with Crippen LogP contribution >= 0.6 is 0 Å². The molecule has 0 amide bonds. The van der Waals surface area contributed by atoms with Crippen LogP contribution in [-0.4, -0.2) is 7.05 Å². The zero-order valence-electron chi connectivity index (χ0n) is 24.3. The summed E-state index contributed by atoms with van der Waals surface area (Å²) < 4.78 is 0. The molecule has 0 saturated heterocycles. The third-order valence-electron chi connectivity index (χ3n) is 9.78. The molecule has 1 heteroatoms. The SMILES string of the molecule is CN(c1ccc2c(c1)C(C)(C)c1ccccc1-2)c1ccc2c(c1)C(c1ccccc1)(c1ccccc1)c1ccccc1-2. The van der Waals surface area contributed by atoms with Gasteiger partial charge in [0.1, 0.15) is 0 Å². The van der Waals surface area contributed by atoms with Gasteiger partial charge in [0.25, 0.3) is 0 Å². The third-order valence-corrected chi connectivity index (χ3v) is 9.78. The molecule has 2 aliphatic carbocycles. The van der Waals surface area contributed by atoms with Crippen LogP contribution in [0.2, 0.25) is 0 Å². The molecule has 0 bridgehead atoms. The summed E-state index contributed by atoms with van der Waals surface area (Å²) in [4.78, 5) is 2.35. The normalized spacial score (nSPS) is 14.9. The van der Waals surface area contributed by atoms with Crippen LogP contribution in [0.1, 0.15) is 47.2 Å². The molecule has 0 N–H and O–H groups in total. The van der Waals surface area contributed by atoms with Crippen molar-refractivity contribution in [2.45, 2.75) is 24.7 Å². The van der Waals surface area contributed by atoms with Gasteiger partial charge in [-0.1, -0.05) is 135 Å². The predicted octanol–water partition coefficient (Wildman–Crippen LogP) is 10.1. The van der Waals surface area contributed by atoms with Crippen LogP contribution in [0.15, 0.2) is 146 Å². The van der Waals surface area contributed by atoms with E-state index in [-0.39, 0.29) is 5.41 Å².